The van der Waals surface area contributed by atoms with Crippen molar-refractivity contribution in [3.63, 3.8) is 0 Å². The number of sulfonamides is 1. The van der Waals surface area contributed by atoms with Crippen molar-refractivity contribution in [2.45, 2.75) is 25.1 Å². The van der Waals surface area contributed by atoms with Crippen molar-refractivity contribution in [2.75, 3.05) is 16.6 Å². The molecule has 5 nitrogen and oxygen atoms in total. The maximum Gasteiger partial charge on any atom is 0.239 e. The molecule has 2 heterocycles. The standard InChI is InChI=1S/C9H12FN3O2S/c10-9(2-3-9)7-16(14,15)13-6-5-12-8(13)1-4-11-12/h1,4H,2-3,5-7H2. The van der Waals surface area contributed by atoms with Crippen LogP contribution in [0, 0.1) is 0 Å². The predicted molar refractivity (Wildman–Crippen MR) is 56.4 cm³/mol. The molecule has 1 aliphatic heterocycles. The van der Waals surface area contributed by atoms with Crippen molar-refractivity contribution in [3.05, 3.63) is 12.3 Å². The van der Waals surface area contributed by atoms with Crippen LogP contribution in [0.15, 0.2) is 12.3 Å². The summed E-state index contributed by atoms with van der Waals surface area (Å²) in [6.07, 6.45) is 2.28. The summed E-state index contributed by atoms with van der Waals surface area (Å²) < 4.78 is 40.4. The van der Waals surface area contributed by atoms with Gasteiger partial charge < -0.3 is 0 Å². The zero-order chi connectivity index (χ0) is 11.4. The van der Waals surface area contributed by atoms with E-state index in [1.54, 1.807) is 16.9 Å². The molecule has 1 aliphatic carbocycles. The fourth-order valence-corrected chi connectivity index (χ4v) is 3.87. The van der Waals surface area contributed by atoms with Gasteiger partial charge in [0.15, 0.2) is 0 Å². The maximum absolute atomic E-state index is 13.5. The molecule has 0 unspecified atom stereocenters. The molecule has 1 aromatic rings. The molecule has 1 fully saturated rings. The number of anilines is 1. The number of hydrogen-bond donors (Lipinski definition) is 0. The molecule has 3 rings (SSSR count). The molecule has 2 aliphatic rings. The molecule has 0 aromatic carbocycles. The van der Waals surface area contributed by atoms with Crippen molar-refractivity contribution in [1.29, 1.82) is 0 Å². The van der Waals surface area contributed by atoms with Crippen LogP contribution in [0.4, 0.5) is 10.2 Å². The molecular formula is C9H12FN3O2S. The second-order valence-corrected chi connectivity index (χ2v) is 6.29. The third kappa shape index (κ3) is 1.50. The topological polar surface area (TPSA) is 55.2 Å². The van der Waals surface area contributed by atoms with Crippen LogP contribution < -0.4 is 4.31 Å². The lowest BCUT2D eigenvalue weighted by Crippen LogP contribution is -2.35. The monoisotopic (exact) mass is 245 g/mol. The summed E-state index contributed by atoms with van der Waals surface area (Å²) in [7, 11) is -3.54. The number of aromatic nitrogens is 2. The summed E-state index contributed by atoms with van der Waals surface area (Å²) in [4.78, 5) is 0. The molecular weight excluding hydrogens is 233 g/mol. The van der Waals surface area contributed by atoms with E-state index in [4.69, 9.17) is 0 Å². The minimum Gasteiger partial charge on any atom is -0.252 e. The van der Waals surface area contributed by atoms with Gasteiger partial charge in [-0.3, -0.25) is 4.31 Å². The molecule has 7 heteroatoms. The highest BCUT2D eigenvalue weighted by molar-refractivity contribution is 7.92. The van der Waals surface area contributed by atoms with Crippen LogP contribution in [-0.4, -0.2) is 36.2 Å². The van der Waals surface area contributed by atoms with Crippen molar-refractivity contribution in [1.82, 2.24) is 9.78 Å². The molecule has 1 saturated carbocycles. The van der Waals surface area contributed by atoms with Crippen LogP contribution in [0.25, 0.3) is 0 Å². The number of hydrogen-bond acceptors (Lipinski definition) is 3. The van der Waals surface area contributed by atoms with E-state index in [1.807, 2.05) is 0 Å². The molecule has 0 saturated heterocycles. The van der Waals surface area contributed by atoms with E-state index >= 15 is 0 Å². The van der Waals surface area contributed by atoms with Crippen LogP contribution >= 0.6 is 0 Å². The average Bonchev–Trinajstić information content (AvgIpc) is 2.65. The highest BCUT2D eigenvalue weighted by Gasteiger charge is 2.49. The first-order valence-corrected chi connectivity index (χ1v) is 6.82. The fourth-order valence-electron chi connectivity index (χ4n) is 1.98. The van der Waals surface area contributed by atoms with Gasteiger partial charge in [-0.05, 0) is 12.8 Å². The zero-order valence-corrected chi connectivity index (χ0v) is 9.45. The van der Waals surface area contributed by atoms with Crippen molar-refractivity contribution in [3.8, 4) is 0 Å². The fraction of sp³-hybridized carbons (Fsp3) is 0.667. The van der Waals surface area contributed by atoms with E-state index < -0.39 is 21.4 Å². The van der Waals surface area contributed by atoms with Gasteiger partial charge in [-0.1, -0.05) is 0 Å². The van der Waals surface area contributed by atoms with Gasteiger partial charge in [0.05, 0.1) is 19.3 Å². The van der Waals surface area contributed by atoms with Crippen molar-refractivity contribution in [2.24, 2.45) is 0 Å². The van der Waals surface area contributed by atoms with Gasteiger partial charge >= 0.3 is 0 Å². The Bertz CT molecular complexity index is 521. The lowest BCUT2D eigenvalue weighted by atomic mass is 10.5. The van der Waals surface area contributed by atoms with Crippen molar-refractivity contribution < 1.29 is 12.8 Å². The van der Waals surface area contributed by atoms with Crippen LogP contribution in [-0.2, 0) is 16.6 Å². The molecule has 0 bridgehead atoms. The van der Waals surface area contributed by atoms with Gasteiger partial charge in [-0.2, -0.15) is 5.10 Å². The van der Waals surface area contributed by atoms with Crippen LogP contribution in [0.5, 0.6) is 0 Å². The lowest BCUT2D eigenvalue weighted by Gasteiger charge is -2.18. The Morgan fingerprint density at radius 1 is 1.44 bits per heavy atom. The molecule has 16 heavy (non-hydrogen) atoms. The summed E-state index contributed by atoms with van der Waals surface area (Å²) >= 11 is 0. The van der Waals surface area contributed by atoms with Gasteiger partial charge in [0.25, 0.3) is 0 Å². The molecule has 0 radical (unpaired) electrons. The average molecular weight is 245 g/mol. The Morgan fingerprint density at radius 3 is 2.88 bits per heavy atom. The molecule has 88 valence electrons. The molecule has 0 amide bonds. The Labute approximate surface area is 92.9 Å². The van der Waals surface area contributed by atoms with E-state index in [0.29, 0.717) is 31.7 Å². The quantitative estimate of drug-likeness (QED) is 0.780. The van der Waals surface area contributed by atoms with Crippen LogP contribution in [0.2, 0.25) is 0 Å². The first-order valence-electron chi connectivity index (χ1n) is 5.21. The minimum atomic E-state index is -3.54. The zero-order valence-electron chi connectivity index (χ0n) is 8.63. The number of halogens is 1. The summed E-state index contributed by atoms with van der Waals surface area (Å²) in [5.41, 5.74) is -1.48. The number of alkyl halides is 1. The van der Waals surface area contributed by atoms with Gasteiger partial charge in [-0.25, -0.2) is 17.5 Å². The van der Waals surface area contributed by atoms with Gasteiger partial charge in [-0.15, -0.1) is 0 Å². The van der Waals surface area contributed by atoms with Gasteiger partial charge in [0.2, 0.25) is 10.0 Å². The lowest BCUT2D eigenvalue weighted by molar-refractivity contribution is 0.340. The SMILES string of the molecule is O=S(=O)(CC1(F)CC1)N1CCn2nccc21. The Balaban J connectivity index is 1.88. The summed E-state index contributed by atoms with van der Waals surface area (Å²) in [5, 5.41) is 3.99. The minimum absolute atomic E-state index is 0.360. The normalized spacial score (nSPS) is 22.2. The Hall–Kier alpha value is -1.11. The molecule has 1 aromatic heterocycles. The number of rotatable bonds is 3. The smallest absolute Gasteiger partial charge is 0.239 e. The van der Waals surface area contributed by atoms with E-state index in [0.717, 1.165) is 0 Å². The summed E-state index contributed by atoms with van der Waals surface area (Å²) in [5.74, 6) is 0.148. The number of fused-ring (bicyclic) bond motifs is 1. The van der Waals surface area contributed by atoms with Gasteiger partial charge in [0.1, 0.15) is 17.2 Å². The van der Waals surface area contributed by atoms with E-state index in [1.165, 1.54) is 4.31 Å². The van der Waals surface area contributed by atoms with Crippen LogP contribution in [0.3, 0.4) is 0 Å². The maximum atomic E-state index is 13.5. The summed E-state index contributed by atoms with van der Waals surface area (Å²) in [6, 6.07) is 1.64. The van der Waals surface area contributed by atoms with E-state index in [9.17, 15) is 12.8 Å². The molecule has 0 atom stereocenters. The Kier molecular flexibility index (Phi) is 1.87. The summed E-state index contributed by atoms with van der Waals surface area (Å²) in [6.45, 7) is 0.905. The third-order valence-electron chi connectivity index (χ3n) is 3.03. The molecule has 0 spiro atoms. The number of nitrogens with zero attached hydrogens (tertiary/aromatic N) is 3. The van der Waals surface area contributed by atoms with Crippen LogP contribution in [0.1, 0.15) is 12.8 Å². The second kappa shape index (κ2) is 2.97. The largest absolute Gasteiger partial charge is 0.252 e. The van der Waals surface area contributed by atoms with E-state index in [2.05, 4.69) is 5.10 Å². The molecule has 0 N–H and O–H groups in total. The third-order valence-corrected chi connectivity index (χ3v) is 4.96. The second-order valence-electron chi connectivity index (χ2n) is 4.39. The predicted octanol–water partition coefficient (Wildman–Crippen LogP) is 0.535. The highest BCUT2D eigenvalue weighted by atomic mass is 32.2. The highest BCUT2D eigenvalue weighted by Crippen LogP contribution is 2.42. The van der Waals surface area contributed by atoms with Crippen molar-refractivity contribution >= 4 is 15.8 Å². The van der Waals surface area contributed by atoms with E-state index in [-0.39, 0.29) is 0 Å². The first-order chi connectivity index (χ1) is 7.50. The Morgan fingerprint density at radius 2 is 2.19 bits per heavy atom. The van der Waals surface area contributed by atoms with Gasteiger partial charge in [0, 0.05) is 6.07 Å². The first kappa shape index (κ1) is 10.1.